The van der Waals surface area contributed by atoms with Gasteiger partial charge in [-0.25, -0.2) is 0 Å². The topological polar surface area (TPSA) is 17.1 Å². The SMILES string of the molecule is CC/C=C/C=C/c1ccc(C=O)cc1. The second kappa shape index (κ2) is 5.92. The number of hydrogen-bond acceptors (Lipinski definition) is 1. The highest BCUT2D eigenvalue weighted by molar-refractivity contribution is 5.75. The molecule has 0 aromatic heterocycles. The van der Waals surface area contributed by atoms with Gasteiger partial charge in [0, 0.05) is 5.56 Å². The lowest BCUT2D eigenvalue weighted by Gasteiger charge is -1.92. The number of aldehydes is 1. The van der Waals surface area contributed by atoms with Gasteiger partial charge in [0.1, 0.15) is 6.29 Å². The van der Waals surface area contributed by atoms with E-state index in [0.717, 1.165) is 18.3 Å². The summed E-state index contributed by atoms with van der Waals surface area (Å²) >= 11 is 0. The lowest BCUT2D eigenvalue weighted by Crippen LogP contribution is -1.78. The van der Waals surface area contributed by atoms with Crippen LogP contribution in [0.4, 0.5) is 0 Å². The van der Waals surface area contributed by atoms with E-state index in [1.807, 2.05) is 42.5 Å². The summed E-state index contributed by atoms with van der Waals surface area (Å²) in [4.78, 5) is 10.4. The van der Waals surface area contributed by atoms with Crippen LogP contribution in [-0.4, -0.2) is 6.29 Å². The normalized spacial score (nSPS) is 11.2. The summed E-state index contributed by atoms with van der Waals surface area (Å²) in [6.45, 7) is 2.10. The summed E-state index contributed by atoms with van der Waals surface area (Å²) in [7, 11) is 0. The molecule has 1 rings (SSSR count). The van der Waals surface area contributed by atoms with Crippen LogP contribution in [0.5, 0.6) is 0 Å². The second-order valence-electron chi connectivity index (χ2n) is 2.98. The molecule has 0 bridgehead atoms. The lowest BCUT2D eigenvalue weighted by molar-refractivity contribution is 0.112. The Bertz CT molecular complexity index is 331. The number of allylic oxidation sites excluding steroid dienone is 3. The summed E-state index contributed by atoms with van der Waals surface area (Å²) in [6, 6.07) is 7.49. The standard InChI is InChI=1S/C13H14O/c1-2-3-4-5-6-12-7-9-13(11-14)10-8-12/h3-11H,2H2,1H3/b4-3+,6-5+. The molecule has 0 fully saturated rings. The minimum Gasteiger partial charge on any atom is -0.298 e. The van der Waals surface area contributed by atoms with Crippen molar-refractivity contribution < 1.29 is 4.79 Å². The maximum Gasteiger partial charge on any atom is 0.150 e. The van der Waals surface area contributed by atoms with Crippen molar-refractivity contribution in [2.45, 2.75) is 13.3 Å². The van der Waals surface area contributed by atoms with Crippen LogP contribution in [0.25, 0.3) is 6.08 Å². The van der Waals surface area contributed by atoms with Crippen LogP contribution in [0.2, 0.25) is 0 Å². The fraction of sp³-hybridized carbons (Fsp3) is 0.154. The van der Waals surface area contributed by atoms with Crippen LogP contribution in [-0.2, 0) is 0 Å². The molecule has 0 radical (unpaired) electrons. The van der Waals surface area contributed by atoms with E-state index in [2.05, 4.69) is 13.0 Å². The van der Waals surface area contributed by atoms with Crippen molar-refractivity contribution >= 4 is 12.4 Å². The van der Waals surface area contributed by atoms with Crippen molar-refractivity contribution in [1.82, 2.24) is 0 Å². The highest BCUT2D eigenvalue weighted by Gasteiger charge is 1.87. The fourth-order valence-corrected chi connectivity index (χ4v) is 1.07. The highest BCUT2D eigenvalue weighted by Crippen LogP contribution is 2.04. The molecule has 0 unspecified atom stereocenters. The zero-order chi connectivity index (χ0) is 10.2. The predicted octanol–water partition coefficient (Wildman–Crippen LogP) is 3.48. The average Bonchev–Trinajstić information content (AvgIpc) is 2.25. The molecule has 72 valence electrons. The van der Waals surface area contributed by atoms with Gasteiger partial charge in [-0.05, 0) is 12.0 Å². The molecular formula is C13H14O. The molecule has 1 aromatic rings. The minimum absolute atomic E-state index is 0.714. The molecule has 1 aromatic carbocycles. The minimum atomic E-state index is 0.714. The Balaban J connectivity index is 2.63. The van der Waals surface area contributed by atoms with Crippen molar-refractivity contribution in [2.75, 3.05) is 0 Å². The van der Waals surface area contributed by atoms with Gasteiger partial charge in [0.25, 0.3) is 0 Å². The van der Waals surface area contributed by atoms with Crippen LogP contribution in [0.1, 0.15) is 29.3 Å². The molecule has 0 aliphatic carbocycles. The van der Waals surface area contributed by atoms with E-state index in [4.69, 9.17) is 0 Å². The van der Waals surface area contributed by atoms with Gasteiger partial charge < -0.3 is 0 Å². The van der Waals surface area contributed by atoms with Crippen LogP contribution in [0.3, 0.4) is 0 Å². The van der Waals surface area contributed by atoms with Gasteiger partial charge in [0.05, 0.1) is 0 Å². The second-order valence-corrected chi connectivity index (χ2v) is 2.98. The Labute approximate surface area is 84.8 Å². The molecule has 0 N–H and O–H groups in total. The van der Waals surface area contributed by atoms with E-state index in [0.29, 0.717) is 5.56 Å². The van der Waals surface area contributed by atoms with Gasteiger partial charge >= 0.3 is 0 Å². The fourth-order valence-electron chi connectivity index (χ4n) is 1.07. The molecular weight excluding hydrogens is 172 g/mol. The molecule has 0 aliphatic heterocycles. The van der Waals surface area contributed by atoms with E-state index in [1.54, 1.807) is 0 Å². The van der Waals surface area contributed by atoms with Crippen LogP contribution < -0.4 is 0 Å². The molecule has 0 heterocycles. The highest BCUT2D eigenvalue weighted by atomic mass is 16.1. The van der Waals surface area contributed by atoms with Gasteiger partial charge in [-0.3, -0.25) is 4.79 Å². The summed E-state index contributed by atoms with van der Waals surface area (Å²) in [5.41, 5.74) is 1.82. The van der Waals surface area contributed by atoms with E-state index in [-0.39, 0.29) is 0 Å². The van der Waals surface area contributed by atoms with E-state index in [1.165, 1.54) is 0 Å². The van der Waals surface area contributed by atoms with Crippen LogP contribution in [0, 0.1) is 0 Å². The third kappa shape index (κ3) is 3.40. The molecule has 1 heteroatoms. The summed E-state index contributed by atoms with van der Waals surface area (Å²) in [5, 5.41) is 0. The van der Waals surface area contributed by atoms with Crippen molar-refractivity contribution in [1.29, 1.82) is 0 Å². The molecule has 0 saturated carbocycles. The smallest absolute Gasteiger partial charge is 0.150 e. The van der Waals surface area contributed by atoms with Crippen molar-refractivity contribution in [3.8, 4) is 0 Å². The van der Waals surface area contributed by atoms with Crippen LogP contribution in [0.15, 0.2) is 42.5 Å². The predicted molar refractivity (Wildman–Crippen MR) is 60.3 cm³/mol. The Morgan fingerprint density at radius 3 is 2.29 bits per heavy atom. The first-order chi connectivity index (χ1) is 6.86. The zero-order valence-corrected chi connectivity index (χ0v) is 8.31. The monoisotopic (exact) mass is 186 g/mol. The van der Waals surface area contributed by atoms with E-state index in [9.17, 15) is 4.79 Å². The summed E-state index contributed by atoms with van der Waals surface area (Å²) in [5.74, 6) is 0. The largest absolute Gasteiger partial charge is 0.298 e. The molecule has 0 atom stereocenters. The maximum absolute atomic E-state index is 10.4. The van der Waals surface area contributed by atoms with Crippen molar-refractivity contribution in [2.24, 2.45) is 0 Å². The molecule has 0 amide bonds. The number of carbonyl (C=O) groups is 1. The molecule has 0 spiro atoms. The van der Waals surface area contributed by atoms with Crippen LogP contribution >= 0.6 is 0 Å². The van der Waals surface area contributed by atoms with E-state index >= 15 is 0 Å². The Kier molecular flexibility index (Phi) is 4.42. The number of rotatable bonds is 4. The number of benzene rings is 1. The Morgan fingerprint density at radius 2 is 1.71 bits per heavy atom. The van der Waals surface area contributed by atoms with Gasteiger partial charge in [-0.1, -0.05) is 55.5 Å². The quantitative estimate of drug-likeness (QED) is 0.519. The Morgan fingerprint density at radius 1 is 1.07 bits per heavy atom. The first kappa shape index (κ1) is 10.5. The number of hydrogen-bond donors (Lipinski definition) is 0. The van der Waals surface area contributed by atoms with Crippen molar-refractivity contribution in [3.63, 3.8) is 0 Å². The maximum atomic E-state index is 10.4. The third-order valence-electron chi connectivity index (χ3n) is 1.84. The first-order valence-corrected chi connectivity index (χ1v) is 4.75. The molecule has 0 saturated heterocycles. The Hall–Kier alpha value is -1.63. The zero-order valence-electron chi connectivity index (χ0n) is 8.31. The van der Waals surface area contributed by atoms with Crippen molar-refractivity contribution in [3.05, 3.63) is 53.6 Å². The molecule has 14 heavy (non-hydrogen) atoms. The molecule has 1 nitrogen and oxygen atoms in total. The van der Waals surface area contributed by atoms with E-state index < -0.39 is 0 Å². The number of carbonyl (C=O) groups excluding carboxylic acids is 1. The molecule has 0 aliphatic rings. The summed E-state index contributed by atoms with van der Waals surface area (Å²) in [6.07, 6.45) is 10.0. The van der Waals surface area contributed by atoms with Gasteiger partial charge in [0.2, 0.25) is 0 Å². The first-order valence-electron chi connectivity index (χ1n) is 4.75. The summed E-state index contributed by atoms with van der Waals surface area (Å²) < 4.78 is 0. The third-order valence-corrected chi connectivity index (χ3v) is 1.84. The lowest BCUT2D eigenvalue weighted by atomic mass is 10.1. The van der Waals surface area contributed by atoms with Gasteiger partial charge in [-0.15, -0.1) is 0 Å². The van der Waals surface area contributed by atoms with Gasteiger partial charge in [-0.2, -0.15) is 0 Å². The average molecular weight is 186 g/mol. The van der Waals surface area contributed by atoms with Gasteiger partial charge in [0.15, 0.2) is 0 Å².